The lowest BCUT2D eigenvalue weighted by molar-refractivity contribution is -0.111. The number of carbonyl (C=O) groups excluding carboxylic acids is 1. The van der Waals surface area contributed by atoms with Crippen molar-refractivity contribution in [3.8, 4) is 11.3 Å². The lowest BCUT2D eigenvalue weighted by atomic mass is 10.1. The molecule has 1 amide bonds. The van der Waals surface area contributed by atoms with Crippen LogP contribution in [-0.2, 0) is 4.79 Å². The summed E-state index contributed by atoms with van der Waals surface area (Å²) < 4.78 is 5.15. The number of hydrogen-bond donors (Lipinski definition) is 1. The van der Waals surface area contributed by atoms with E-state index in [1.54, 1.807) is 36.2 Å². The Morgan fingerprint density at radius 1 is 1.20 bits per heavy atom. The molecule has 3 aromatic rings. The molecule has 0 spiro atoms. The largest absolute Gasteiger partial charge is 0.465 e. The molecule has 0 unspecified atom stereocenters. The Balaban J connectivity index is 1.69. The van der Waals surface area contributed by atoms with E-state index in [1.807, 2.05) is 36.4 Å². The average molecular weight is 351 g/mol. The summed E-state index contributed by atoms with van der Waals surface area (Å²) in [5.41, 5.74) is 2.36. The monoisotopic (exact) mass is 351 g/mol. The van der Waals surface area contributed by atoms with Crippen LogP contribution in [-0.4, -0.2) is 21.9 Å². The summed E-state index contributed by atoms with van der Waals surface area (Å²) in [5, 5.41) is 12.2. The minimum absolute atomic E-state index is 0.227. The lowest BCUT2D eigenvalue weighted by Crippen LogP contribution is -2.07. The zero-order valence-corrected chi connectivity index (χ0v) is 14.5. The number of aromatic nitrogens is 2. The molecule has 2 aromatic heterocycles. The first-order valence-corrected chi connectivity index (χ1v) is 8.82. The van der Waals surface area contributed by atoms with Gasteiger partial charge in [0, 0.05) is 17.3 Å². The normalized spacial score (nSPS) is 10.9. The molecule has 0 saturated heterocycles. The Morgan fingerprint density at radius 3 is 2.84 bits per heavy atom. The van der Waals surface area contributed by atoms with Gasteiger partial charge in [0.2, 0.25) is 5.91 Å². The highest BCUT2D eigenvalue weighted by atomic mass is 32.2. The van der Waals surface area contributed by atoms with Crippen LogP contribution in [0, 0.1) is 0 Å². The summed E-state index contributed by atoms with van der Waals surface area (Å²) in [4.78, 5) is 12.0. The van der Waals surface area contributed by atoms with Crippen LogP contribution < -0.4 is 5.32 Å². The van der Waals surface area contributed by atoms with E-state index in [9.17, 15) is 4.79 Å². The maximum atomic E-state index is 12.0. The van der Waals surface area contributed by atoms with Crippen LogP contribution in [0.2, 0.25) is 0 Å². The number of nitrogens with one attached hydrogen (secondary N) is 1. The van der Waals surface area contributed by atoms with Gasteiger partial charge in [-0.15, -0.1) is 22.0 Å². The van der Waals surface area contributed by atoms with Crippen molar-refractivity contribution >= 4 is 29.4 Å². The summed E-state index contributed by atoms with van der Waals surface area (Å²) in [6, 6.07) is 14.9. The zero-order valence-electron chi connectivity index (χ0n) is 13.7. The van der Waals surface area contributed by atoms with Crippen molar-refractivity contribution in [1.29, 1.82) is 0 Å². The molecule has 0 bridgehead atoms. The van der Waals surface area contributed by atoms with E-state index < -0.39 is 0 Å². The Morgan fingerprint density at radius 2 is 2.12 bits per heavy atom. The molecule has 2 heterocycles. The van der Waals surface area contributed by atoms with Gasteiger partial charge in [-0.25, -0.2) is 0 Å². The third-order valence-electron chi connectivity index (χ3n) is 3.30. The Hall–Kier alpha value is -2.86. The molecular formula is C19H17N3O2S. The van der Waals surface area contributed by atoms with Gasteiger partial charge in [0.25, 0.3) is 0 Å². The van der Waals surface area contributed by atoms with Gasteiger partial charge in [0.1, 0.15) is 10.8 Å². The maximum Gasteiger partial charge on any atom is 0.248 e. The van der Waals surface area contributed by atoms with Crippen LogP contribution in [0.15, 0.2) is 70.3 Å². The molecule has 0 aliphatic heterocycles. The van der Waals surface area contributed by atoms with Gasteiger partial charge in [0.05, 0.1) is 12.0 Å². The molecule has 5 nitrogen and oxygen atoms in total. The first-order valence-electron chi connectivity index (χ1n) is 7.84. The predicted octanol–water partition coefficient (Wildman–Crippen LogP) is 4.50. The van der Waals surface area contributed by atoms with E-state index in [1.165, 1.54) is 6.08 Å². The second-order valence-corrected chi connectivity index (χ2v) is 6.39. The standard InChI is InChI=1S/C19H17N3O2S/c1-2-25-19-11-9-17(21-22-19)14-5-3-6-15(13-14)20-18(23)10-8-16-7-4-12-24-16/h3-13H,2H2,1H3,(H,20,23)/b10-8+. The smallest absolute Gasteiger partial charge is 0.248 e. The fourth-order valence-electron chi connectivity index (χ4n) is 2.18. The van der Waals surface area contributed by atoms with Crippen molar-refractivity contribution in [2.45, 2.75) is 11.9 Å². The number of thioether (sulfide) groups is 1. The summed E-state index contributed by atoms with van der Waals surface area (Å²) in [6.07, 6.45) is 4.61. The number of amides is 1. The van der Waals surface area contributed by atoms with Crippen molar-refractivity contribution in [2.24, 2.45) is 0 Å². The van der Waals surface area contributed by atoms with E-state index in [0.717, 1.165) is 22.0 Å². The molecule has 25 heavy (non-hydrogen) atoms. The van der Waals surface area contributed by atoms with Crippen molar-refractivity contribution in [3.05, 3.63) is 66.6 Å². The van der Waals surface area contributed by atoms with Crippen LogP contribution in [0.1, 0.15) is 12.7 Å². The molecule has 0 aliphatic rings. The van der Waals surface area contributed by atoms with Crippen molar-refractivity contribution in [1.82, 2.24) is 10.2 Å². The van der Waals surface area contributed by atoms with Crippen molar-refractivity contribution in [2.75, 3.05) is 11.1 Å². The molecule has 0 saturated carbocycles. The highest BCUT2D eigenvalue weighted by Gasteiger charge is 2.04. The summed E-state index contributed by atoms with van der Waals surface area (Å²) in [5.74, 6) is 1.36. The fourth-order valence-corrected chi connectivity index (χ4v) is 2.74. The highest BCUT2D eigenvalue weighted by Crippen LogP contribution is 2.22. The second-order valence-electron chi connectivity index (χ2n) is 5.11. The topological polar surface area (TPSA) is 68.0 Å². The minimum atomic E-state index is -0.227. The SMILES string of the molecule is CCSc1ccc(-c2cccc(NC(=O)/C=C/c3ccco3)c2)nn1. The van der Waals surface area contributed by atoms with Gasteiger partial charge in [-0.1, -0.05) is 19.1 Å². The maximum absolute atomic E-state index is 12.0. The number of furan rings is 1. The van der Waals surface area contributed by atoms with E-state index in [-0.39, 0.29) is 5.91 Å². The number of anilines is 1. The Kier molecular flexibility index (Phi) is 5.64. The first kappa shape index (κ1) is 17.0. The third-order valence-corrected chi connectivity index (χ3v) is 4.10. The number of carbonyl (C=O) groups is 1. The summed E-state index contributed by atoms with van der Waals surface area (Å²) >= 11 is 1.65. The molecule has 0 atom stereocenters. The van der Waals surface area contributed by atoms with E-state index in [2.05, 4.69) is 22.4 Å². The van der Waals surface area contributed by atoms with Crippen LogP contribution in [0.5, 0.6) is 0 Å². The first-order chi connectivity index (χ1) is 12.2. The number of hydrogen-bond acceptors (Lipinski definition) is 5. The highest BCUT2D eigenvalue weighted by molar-refractivity contribution is 7.99. The van der Waals surface area contributed by atoms with Crippen LogP contribution >= 0.6 is 11.8 Å². The Labute approximate surface area is 150 Å². The minimum Gasteiger partial charge on any atom is -0.465 e. The molecule has 6 heteroatoms. The van der Waals surface area contributed by atoms with Crippen molar-refractivity contribution in [3.63, 3.8) is 0 Å². The third kappa shape index (κ3) is 4.81. The molecule has 0 radical (unpaired) electrons. The fraction of sp³-hybridized carbons (Fsp3) is 0.105. The van der Waals surface area contributed by atoms with Gasteiger partial charge in [-0.2, -0.15) is 0 Å². The molecule has 0 aliphatic carbocycles. The molecule has 1 N–H and O–H groups in total. The summed E-state index contributed by atoms with van der Waals surface area (Å²) in [7, 11) is 0. The molecule has 126 valence electrons. The molecule has 3 rings (SSSR count). The van der Waals surface area contributed by atoms with E-state index >= 15 is 0 Å². The van der Waals surface area contributed by atoms with Crippen LogP contribution in [0.4, 0.5) is 5.69 Å². The second kappa shape index (κ2) is 8.30. The number of nitrogens with zero attached hydrogens (tertiary/aromatic N) is 2. The van der Waals surface area contributed by atoms with Gasteiger partial charge in [-0.05, 0) is 48.2 Å². The predicted molar refractivity (Wildman–Crippen MR) is 100 cm³/mol. The van der Waals surface area contributed by atoms with E-state index in [4.69, 9.17) is 4.42 Å². The number of benzene rings is 1. The molecule has 1 aromatic carbocycles. The number of rotatable bonds is 6. The van der Waals surface area contributed by atoms with Gasteiger partial charge in [0.15, 0.2) is 0 Å². The van der Waals surface area contributed by atoms with Crippen LogP contribution in [0.25, 0.3) is 17.3 Å². The van der Waals surface area contributed by atoms with Gasteiger partial charge >= 0.3 is 0 Å². The quantitative estimate of drug-likeness (QED) is 0.523. The summed E-state index contributed by atoms with van der Waals surface area (Å²) in [6.45, 7) is 2.08. The molecule has 0 fully saturated rings. The van der Waals surface area contributed by atoms with Crippen molar-refractivity contribution < 1.29 is 9.21 Å². The van der Waals surface area contributed by atoms with Crippen LogP contribution in [0.3, 0.4) is 0 Å². The van der Waals surface area contributed by atoms with Gasteiger partial charge in [-0.3, -0.25) is 4.79 Å². The zero-order chi connectivity index (χ0) is 17.5. The Bertz CT molecular complexity index is 859. The lowest BCUT2D eigenvalue weighted by Gasteiger charge is -2.06. The molecular weight excluding hydrogens is 334 g/mol. The average Bonchev–Trinajstić information content (AvgIpc) is 3.15. The van der Waals surface area contributed by atoms with Gasteiger partial charge < -0.3 is 9.73 Å². The van der Waals surface area contributed by atoms with E-state index in [0.29, 0.717) is 11.4 Å².